The maximum atomic E-state index is 13.5. The first-order chi connectivity index (χ1) is 18.8. The van der Waals surface area contributed by atoms with E-state index in [1.807, 2.05) is 6.92 Å². The number of ketones is 1. The van der Waals surface area contributed by atoms with E-state index in [-0.39, 0.29) is 16.5 Å². The molecule has 3 aromatic carbocycles. The third-order valence-electron chi connectivity index (χ3n) is 6.22. The summed E-state index contributed by atoms with van der Waals surface area (Å²) in [5.74, 6) is -2.03. The van der Waals surface area contributed by atoms with Crippen molar-refractivity contribution in [2.75, 3.05) is 18.6 Å². The number of amides is 1. The summed E-state index contributed by atoms with van der Waals surface area (Å²) < 4.78 is 11.2. The number of rotatable bonds is 7. The molecule has 39 heavy (non-hydrogen) atoms. The fourth-order valence-electron chi connectivity index (χ4n) is 4.36. The minimum absolute atomic E-state index is 0.101. The molecule has 0 saturated carbocycles. The molecule has 4 aromatic rings. The van der Waals surface area contributed by atoms with E-state index in [2.05, 4.69) is 4.98 Å². The SMILES string of the molecule is CCCOc1cccc(/C(O)=C2\C(=O)C(=O)N(c3nc4ccc(Cl)cc4s3)C2c2ccc(C(=O)OC)cc2)c1. The van der Waals surface area contributed by atoms with Gasteiger partial charge in [0.2, 0.25) is 0 Å². The molecule has 0 aliphatic carbocycles. The summed E-state index contributed by atoms with van der Waals surface area (Å²) in [6.45, 7) is 2.47. The van der Waals surface area contributed by atoms with Gasteiger partial charge in [-0.2, -0.15) is 0 Å². The first-order valence-corrected chi connectivity index (χ1v) is 13.3. The fourth-order valence-corrected chi connectivity index (χ4v) is 5.63. The minimum atomic E-state index is -1.01. The molecule has 1 aliphatic rings. The number of carbonyl (C=O) groups is 3. The van der Waals surface area contributed by atoms with E-state index in [1.165, 1.54) is 23.3 Å². The van der Waals surface area contributed by atoms with Crippen molar-refractivity contribution in [2.24, 2.45) is 0 Å². The third kappa shape index (κ3) is 4.98. The highest BCUT2D eigenvalue weighted by Crippen LogP contribution is 2.44. The predicted octanol–water partition coefficient (Wildman–Crippen LogP) is 6.15. The quantitative estimate of drug-likeness (QED) is 0.125. The van der Waals surface area contributed by atoms with Gasteiger partial charge in [-0.3, -0.25) is 14.5 Å². The highest BCUT2D eigenvalue weighted by Gasteiger charge is 2.48. The summed E-state index contributed by atoms with van der Waals surface area (Å²) >= 11 is 7.35. The number of halogens is 1. The Hall–Kier alpha value is -4.21. The number of aromatic nitrogens is 1. The van der Waals surface area contributed by atoms with Crippen molar-refractivity contribution in [1.29, 1.82) is 0 Å². The lowest BCUT2D eigenvalue weighted by molar-refractivity contribution is -0.132. The number of aliphatic hydroxyl groups excluding tert-OH is 1. The molecule has 1 unspecified atom stereocenters. The molecule has 1 saturated heterocycles. The second-order valence-electron chi connectivity index (χ2n) is 8.77. The number of hydrogen-bond donors (Lipinski definition) is 1. The summed E-state index contributed by atoms with van der Waals surface area (Å²) in [6, 6.07) is 17.2. The number of methoxy groups -OCH3 is 1. The summed E-state index contributed by atoms with van der Waals surface area (Å²) in [7, 11) is 1.28. The molecule has 1 amide bonds. The average molecular weight is 563 g/mol. The van der Waals surface area contributed by atoms with Crippen molar-refractivity contribution in [3.8, 4) is 5.75 Å². The number of Topliss-reactive ketones (excluding diaryl/α,β-unsaturated/α-hetero) is 1. The number of nitrogens with zero attached hydrogens (tertiary/aromatic N) is 2. The summed E-state index contributed by atoms with van der Waals surface area (Å²) in [5, 5.41) is 12.2. The van der Waals surface area contributed by atoms with Crippen molar-refractivity contribution in [3.05, 3.63) is 94.0 Å². The van der Waals surface area contributed by atoms with Gasteiger partial charge in [-0.1, -0.05) is 54.1 Å². The first kappa shape index (κ1) is 26.4. The molecular formula is C29H23ClN2O6S. The Balaban J connectivity index is 1.67. The summed E-state index contributed by atoms with van der Waals surface area (Å²) in [5.41, 5.74) is 1.64. The van der Waals surface area contributed by atoms with Crippen LogP contribution in [0.3, 0.4) is 0 Å². The third-order valence-corrected chi connectivity index (χ3v) is 7.47. The van der Waals surface area contributed by atoms with E-state index in [4.69, 9.17) is 21.1 Å². The molecule has 8 nitrogen and oxygen atoms in total. The molecule has 10 heteroatoms. The Morgan fingerprint density at radius 3 is 2.56 bits per heavy atom. The molecule has 5 rings (SSSR count). The zero-order chi connectivity index (χ0) is 27.7. The van der Waals surface area contributed by atoms with Crippen molar-refractivity contribution >= 4 is 61.7 Å². The van der Waals surface area contributed by atoms with Crippen molar-refractivity contribution in [2.45, 2.75) is 19.4 Å². The first-order valence-electron chi connectivity index (χ1n) is 12.1. The van der Waals surface area contributed by atoms with Gasteiger partial charge < -0.3 is 14.6 Å². The molecule has 0 spiro atoms. The second-order valence-corrected chi connectivity index (χ2v) is 10.2. The Labute approximate surface area is 233 Å². The van der Waals surface area contributed by atoms with Crippen molar-refractivity contribution < 1.29 is 29.0 Å². The molecule has 0 bridgehead atoms. The summed E-state index contributed by atoms with van der Waals surface area (Å²) in [4.78, 5) is 44.8. The minimum Gasteiger partial charge on any atom is -0.507 e. The Kier molecular flexibility index (Phi) is 7.36. The van der Waals surface area contributed by atoms with E-state index in [9.17, 15) is 19.5 Å². The van der Waals surface area contributed by atoms with Crippen LogP contribution in [0.1, 0.15) is 40.9 Å². The van der Waals surface area contributed by atoms with Gasteiger partial charge in [-0.15, -0.1) is 0 Å². The van der Waals surface area contributed by atoms with Crippen LogP contribution in [0, 0.1) is 0 Å². The van der Waals surface area contributed by atoms with Crippen LogP contribution in [0.25, 0.3) is 16.0 Å². The largest absolute Gasteiger partial charge is 0.507 e. The number of thiazole rings is 1. The van der Waals surface area contributed by atoms with Crippen LogP contribution < -0.4 is 9.64 Å². The normalized spacial score (nSPS) is 16.6. The van der Waals surface area contributed by atoms with Crippen LogP contribution in [0.15, 0.2) is 72.3 Å². The topological polar surface area (TPSA) is 106 Å². The summed E-state index contributed by atoms with van der Waals surface area (Å²) in [6.07, 6.45) is 0.802. The molecular weight excluding hydrogens is 540 g/mol. The highest BCUT2D eigenvalue weighted by molar-refractivity contribution is 7.22. The Bertz CT molecular complexity index is 1630. The number of aliphatic hydroxyl groups is 1. The lowest BCUT2D eigenvalue weighted by Gasteiger charge is -2.23. The van der Waals surface area contributed by atoms with Crippen molar-refractivity contribution in [1.82, 2.24) is 4.98 Å². The average Bonchev–Trinajstić information content (AvgIpc) is 3.48. The molecule has 198 valence electrons. The predicted molar refractivity (Wildman–Crippen MR) is 149 cm³/mol. The monoisotopic (exact) mass is 562 g/mol. The van der Waals surface area contributed by atoms with Crippen LogP contribution in [0.2, 0.25) is 5.02 Å². The van der Waals surface area contributed by atoms with E-state index < -0.39 is 23.7 Å². The number of carbonyl (C=O) groups excluding carboxylic acids is 3. The standard InChI is InChI=1S/C29H23ClN2O6S/c1-3-13-38-20-6-4-5-18(14-20)25(33)23-24(16-7-9-17(10-8-16)28(36)37-2)32(27(35)26(23)34)29-31-21-12-11-19(30)15-22(21)39-29/h4-12,14-15,24,33H,3,13H2,1-2H3/b25-23+. The molecule has 1 atom stereocenters. The Morgan fingerprint density at radius 1 is 1.08 bits per heavy atom. The van der Waals surface area contributed by atoms with Crippen LogP contribution in [0.4, 0.5) is 5.13 Å². The smallest absolute Gasteiger partial charge is 0.337 e. The zero-order valence-electron chi connectivity index (χ0n) is 21.0. The molecule has 1 fully saturated rings. The van der Waals surface area contributed by atoms with E-state index in [0.29, 0.717) is 39.6 Å². The lowest BCUT2D eigenvalue weighted by Crippen LogP contribution is -2.29. The number of benzene rings is 3. The van der Waals surface area contributed by atoms with Gasteiger partial charge in [0.05, 0.1) is 41.1 Å². The van der Waals surface area contributed by atoms with E-state index >= 15 is 0 Å². The van der Waals surface area contributed by atoms with E-state index in [0.717, 1.165) is 11.1 Å². The lowest BCUT2D eigenvalue weighted by atomic mass is 9.94. The van der Waals surface area contributed by atoms with Crippen LogP contribution in [0.5, 0.6) is 5.75 Å². The highest BCUT2D eigenvalue weighted by atomic mass is 35.5. The molecule has 2 heterocycles. The molecule has 1 N–H and O–H groups in total. The van der Waals surface area contributed by atoms with Crippen LogP contribution in [-0.4, -0.2) is 41.5 Å². The number of anilines is 1. The molecule has 1 aromatic heterocycles. The number of fused-ring (bicyclic) bond motifs is 1. The van der Waals surface area contributed by atoms with Gasteiger partial charge in [0.25, 0.3) is 5.78 Å². The Morgan fingerprint density at radius 2 is 1.85 bits per heavy atom. The van der Waals surface area contributed by atoms with E-state index in [1.54, 1.807) is 66.7 Å². The van der Waals surface area contributed by atoms with Crippen LogP contribution in [-0.2, 0) is 14.3 Å². The fraction of sp³-hybridized carbons (Fsp3) is 0.172. The number of esters is 1. The second kappa shape index (κ2) is 10.9. The van der Waals surface area contributed by atoms with Gasteiger partial charge in [-0.05, 0) is 54.4 Å². The number of hydrogen-bond acceptors (Lipinski definition) is 8. The maximum Gasteiger partial charge on any atom is 0.337 e. The van der Waals surface area contributed by atoms with Gasteiger partial charge >= 0.3 is 11.9 Å². The van der Waals surface area contributed by atoms with Gasteiger partial charge in [0.1, 0.15) is 11.5 Å². The van der Waals surface area contributed by atoms with Gasteiger partial charge in [0, 0.05) is 10.6 Å². The number of ether oxygens (including phenoxy) is 2. The molecule has 0 radical (unpaired) electrons. The van der Waals surface area contributed by atoms with Crippen LogP contribution >= 0.6 is 22.9 Å². The van der Waals surface area contributed by atoms with Gasteiger partial charge in [-0.25, -0.2) is 9.78 Å². The molecule has 1 aliphatic heterocycles. The van der Waals surface area contributed by atoms with Gasteiger partial charge in [0.15, 0.2) is 5.13 Å². The zero-order valence-corrected chi connectivity index (χ0v) is 22.6. The van der Waals surface area contributed by atoms with Crippen molar-refractivity contribution in [3.63, 3.8) is 0 Å². The maximum absolute atomic E-state index is 13.5.